The van der Waals surface area contributed by atoms with E-state index in [0.29, 0.717) is 52.5 Å². The van der Waals surface area contributed by atoms with E-state index in [0.717, 1.165) is 5.56 Å². The summed E-state index contributed by atoms with van der Waals surface area (Å²) in [4.78, 5) is 25.9. The Morgan fingerprint density at radius 3 is 2.77 bits per heavy atom. The lowest BCUT2D eigenvalue weighted by Crippen LogP contribution is -2.28. The van der Waals surface area contributed by atoms with Gasteiger partial charge in [-0.2, -0.15) is 5.10 Å². The number of benzene rings is 2. The van der Waals surface area contributed by atoms with Crippen molar-refractivity contribution in [3.63, 3.8) is 0 Å². The van der Waals surface area contributed by atoms with Crippen LogP contribution in [-0.2, 0) is 4.79 Å². The Morgan fingerprint density at radius 2 is 1.97 bits per heavy atom. The zero-order valence-corrected chi connectivity index (χ0v) is 16.9. The summed E-state index contributed by atoms with van der Waals surface area (Å²) in [5.41, 5.74) is 2.58. The second-order valence-corrected chi connectivity index (χ2v) is 7.70. The lowest BCUT2D eigenvalue weighted by molar-refractivity contribution is -0.116. The van der Waals surface area contributed by atoms with Crippen molar-refractivity contribution in [2.24, 2.45) is 0 Å². The van der Waals surface area contributed by atoms with Gasteiger partial charge in [0.2, 0.25) is 5.91 Å². The third-order valence-electron chi connectivity index (χ3n) is 5.30. The van der Waals surface area contributed by atoms with Crippen LogP contribution in [0.5, 0.6) is 11.5 Å². The van der Waals surface area contributed by atoms with E-state index in [1.165, 1.54) is 0 Å². The third-order valence-corrected chi connectivity index (χ3v) is 5.53. The number of hydrogen-bond acceptors (Lipinski definition) is 5. The van der Waals surface area contributed by atoms with Gasteiger partial charge in [-0.3, -0.25) is 9.59 Å². The number of anilines is 1. The Bertz CT molecular complexity index is 1190. The summed E-state index contributed by atoms with van der Waals surface area (Å²) in [7, 11) is 0. The van der Waals surface area contributed by atoms with E-state index in [2.05, 4.69) is 10.4 Å². The lowest BCUT2D eigenvalue weighted by Gasteiger charge is -2.24. The number of hydrogen-bond donors (Lipinski definition) is 1. The smallest absolute Gasteiger partial charge is 0.226 e. The molecule has 5 rings (SSSR count). The summed E-state index contributed by atoms with van der Waals surface area (Å²) < 4.78 is 12.8. The quantitative estimate of drug-likeness (QED) is 0.646. The number of halogens is 1. The van der Waals surface area contributed by atoms with E-state index in [1.54, 1.807) is 35.0 Å². The molecule has 1 aromatic heterocycles. The molecule has 0 bridgehead atoms. The van der Waals surface area contributed by atoms with E-state index in [-0.39, 0.29) is 18.1 Å². The van der Waals surface area contributed by atoms with E-state index < -0.39 is 5.92 Å². The molecule has 2 aromatic carbocycles. The van der Waals surface area contributed by atoms with Gasteiger partial charge in [-0.1, -0.05) is 17.7 Å². The van der Waals surface area contributed by atoms with Crippen molar-refractivity contribution in [1.29, 1.82) is 0 Å². The maximum absolute atomic E-state index is 13.4. The molecule has 2 aliphatic heterocycles. The molecule has 2 aliphatic rings. The van der Waals surface area contributed by atoms with Crippen LogP contribution < -0.4 is 14.8 Å². The zero-order chi connectivity index (χ0) is 20.8. The average Bonchev–Trinajstić information content (AvgIpc) is 3.08. The molecule has 7 nitrogen and oxygen atoms in total. The fourth-order valence-electron chi connectivity index (χ4n) is 3.96. The molecule has 0 saturated carbocycles. The van der Waals surface area contributed by atoms with Crippen molar-refractivity contribution < 1.29 is 19.1 Å². The molecule has 1 unspecified atom stereocenters. The van der Waals surface area contributed by atoms with Gasteiger partial charge < -0.3 is 14.8 Å². The molecular formula is C22H18ClN3O4. The second-order valence-electron chi connectivity index (χ2n) is 7.27. The second kappa shape index (κ2) is 7.18. The molecule has 1 N–H and O–H groups in total. The molecule has 3 aromatic rings. The number of Topliss-reactive ketones (excluding diaryl/α,β-unsaturated/α-hetero) is 1. The number of carbonyl (C=O) groups excluding carboxylic acids is 2. The normalized spacial score (nSPS) is 17.3. The Kier molecular flexibility index (Phi) is 4.47. The van der Waals surface area contributed by atoms with Crippen molar-refractivity contribution in [3.05, 3.63) is 64.3 Å². The molecule has 3 heterocycles. The monoisotopic (exact) mass is 423 g/mol. The van der Waals surface area contributed by atoms with E-state index in [9.17, 15) is 9.59 Å². The van der Waals surface area contributed by atoms with Crippen LogP contribution in [0.3, 0.4) is 0 Å². The number of amides is 1. The van der Waals surface area contributed by atoms with Crippen LogP contribution in [-0.4, -0.2) is 34.7 Å². The SMILES string of the molecule is Cc1nn(-c2cccc(Cl)c2)c2c1C(C(=O)c1ccc3c(c1)OCCO3)CC(=O)N2. The number of ether oxygens (including phenoxy) is 2. The number of ketones is 1. The fraction of sp³-hybridized carbons (Fsp3) is 0.227. The lowest BCUT2D eigenvalue weighted by atomic mass is 9.85. The van der Waals surface area contributed by atoms with Crippen LogP contribution in [0, 0.1) is 6.92 Å². The van der Waals surface area contributed by atoms with Gasteiger partial charge in [0.1, 0.15) is 19.0 Å². The number of aryl methyl sites for hydroxylation is 1. The molecule has 1 atom stereocenters. The standard InChI is InChI=1S/C22H18ClN3O4/c1-12-20-16(21(28)13-5-6-17-18(9-13)30-8-7-29-17)11-19(27)24-22(20)26(25-12)15-4-2-3-14(23)10-15/h2-6,9-10,16H,7-8,11H2,1H3,(H,24,27). The predicted octanol–water partition coefficient (Wildman–Crippen LogP) is 3.91. The highest BCUT2D eigenvalue weighted by Crippen LogP contribution is 2.40. The van der Waals surface area contributed by atoms with Crippen molar-refractivity contribution in [1.82, 2.24) is 9.78 Å². The topological polar surface area (TPSA) is 82.5 Å². The van der Waals surface area contributed by atoms with Crippen molar-refractivity contribution in [3.8, 4) is 17.2 Å². The number of rotatable bonds is 3. The van der Waals surface area contributed by atoms with Crippen LogP contribution >= 0.6 is 11.6 Å². The highest BCUT2D eigenvalue weighted by atomic mass is 35.5. The Balaban J connectivity index is 1.57. The third kappa shape index (κ3) is 3.11. The van der Waals surface area contributed by atoms with Crippen molar-refractivity contribution in [2.75, 3.05) is 18.5 Å². The molecule has 8 heteroatoms. The van der Waals surface area contributed by atoms with Gasteiger partial charge in [0.25, 0.3) is 0 Å². The molecule has 152 valence electrons. The number of fused-ring (bicyclic) bond motifs is 2. The zero-order valence-electron chi connectivity index (χ0n) is 16.1. The summed E-state index contributed by atoms with van der Waals surface area (Å²) in [6, 6.07) is 12.3. The molecule has 30 heavy (non-hydrogen) atoms. The van der Waals surface area contributed by atoms with Crippen LogP contribution in [0.4, 0.5) is 5.82 Å². The maximum atomic E-state index is 13.4. The summed E-state index contributed by atoms with van der Waals surface area (Å²) in [6.45, 7) is 2.75. The van der Waals surface area contributed by atoms with Crippen LogP contribution in [0.25, 0.3) is 5.69 Å². The first-order chi connectivity index (χ1) is 14.5. The van der Waals surface area contributed by atoms with Gasteiger partial charge >= 0.3 is 0 Å². The fourth-order valence-corrected chi connectivity index (χ4v) is 4.15. The summed E-state index contributed by atoms with van der Waals surface area (Å²) in [6.07, 6.45) is 0.0579. The summed E-state index contributed by atoms with van der Waals surface area (Å²) in [5.74, 6) is 0.633. The number of aromatic nitrogens is 2. The predicted molar refractivity (Wildman–Crippen MR) is 111 cm³/mol. The largest absolute Gasteiger partial charge is 0.486 e. The van der Waals surface area contributed by atoms with Gasteiger partial charge in [-0.15, -0.1) is 0 Å². The van der Waals surface area contributed by atoms with E-state index in [1.807, 2.05) is 19.1 Å². The Hall–Kier alpha value is -3.32. The summed E-state index contributed by atoms with van der Waals surface area (Å²) in [5, 5.41) is 8.01. The minimum absolute atomic E-state index is 0.0579. The molecule has 0 saturated heterocycles. The average molecular weight is 424 g/mol. The molecular weight excluding hydrogens is 406 g/mol. The van der Waals surface area contributed by atoms with Gasteiger partial charge in [-0.05, 0) is 43.3 Å². The first kappa shape index (κ1) is 18.7. The number of nitrogens with one attached hydrogen (secondary N) is 1. The van der Waals surface area contributed by atoms with Gasteiger partial charge in [-0.25, -0.2) is 4.68 Å². The van der Waals surface area contributed by atoms with E-state index >= 15 is 0 Å². The first-order valence-corrected chi connectivity index (χ1v) is 9.98. The molecule has 1 amide bonds. The highest BCUT2D eigenvalue weighted by Gasteiger charge is 2.36. The number of carbonyl (C=O) groups is 2. The first-order valence-electron chi connectivity index (χ1n) is 9.60. The molecule has 0 fully saturated rings. The van der Waals surface area contributed by atoms with Gasteiger partial charge in [0.15, 0.2) is 17.3 Å². The molecule has 0 aliphatic carbocycles. The van der Waals surface area contributed by atoms with E-state index in [4.69, 9.17) is 21.1 Å². The minimum atomic E-state index is -0.635. The Labute approximate surface area is 177 Å². The van der Waals surface area contributed by atoms with Crippen LogP contribution in [0.2, 0.25) is 5.02 Å². The molecule has 0 radical (unpaired) electrons. The van der Waals surface area contributed by atoms with Crippen molar-refractivity contribution >= 4 is 29.1 Å². The van der Waals surface area contributed by atoms with Gasteiger partial charge in [0.05, 0.1) is 17.3 Å². The molecule has 0 spiro atoms. The van der Waals surface area contributed by atoms with Crippen molar-refractivity contribution in [2.45, 2.75) is 19.3 Å². The minimum Gasteiger partial charge on any atom is -0.486 e. The Morgan fingerprint density at radius 1 is 1.17 bits per heavy atom. The number of nitrogens with zero attached hydrogens (tertiary/aromatic N) is 2. The highest BCUT2D eigenvalue weighted by molar-refractivity contribution is 6.30. The van der Waals surface area contributed by atoms with Crippen LogP contribution in [0.1, 0.15) is 34.0 Å². The summed E-state index contributed by atoms with van der Waals surface area (Å²) >= 11 is 6.13. The van der Waals surface area contributed by atoms with Gasteiger partial charge in [0, 0.05) is 22.6 Å². The maximum Gasteiger partial charge on any atom is 0.226 e. The van der Waals surface area contributed by atoms with Crippen LogP contribution in [0.15, 0.2) is 42.5 Å².